The molecule has 0 aliphatic rings. The van der Waals surface area contributed by atoms with Crippen LogP contribution in [0, 0.1) is 6.92 Å². The van der Waals surface area contributed by atoms with Gasteiger partial charge in [0.05, 0.1) is 16.8 Å². The summed E-state index contributed by atoms with van der Waals surface area (Å²) in [7, 11) is 0. The Morgan fingerprint density at radius 3 is 2.88 bits per heavy atom. The minimum Gasteiger partial charge on any atom is -0.449 e. The van der Waals surface area contributed by atoms with Crippen molar-refractivity contribution in [2.45, 2.75) is 39.7 Å². The summed E-state index contributed by atoms with van der Waals surface area (Å²) in [5.41, 5.74) is 1.74. The lowest BCUT2D eigenvalue weighted by atomic mass is 10.1. The van der Waals surface area contributed by atoms with Crippen LogP contribution in [0.15, 0.2) is 28.8 Å². The van der Waals surface area contributed by atoms with Crippen LogP contribution in [-0.4, -0.2) is 21.1 Å². The summed E-state index contributed by atoms with van der Waals surface area (Å²) in [6.45, 7) is 5.49. The number of aromatic nitrogens is 3. The molecule has 25 heavy (non-hydrogen) atoms. The van der Waals surface area contributed by atoms with E-state index in [1.165, 1.54) is 0 Å². The van der Waals surface area contributed by atoms with Gasteiger partial charge in [-0.05, 0) is 44.5 Å². The summed E-state index contributed by atoms with van der Waals surface area (Å²) in [6.07, 6.45) is 0.996. The summed E-state index contributed by atoms with van der Waals surface area (Å²) in [5.74, 6) is 0.402. The highest BCUT2D eigenvalue weighted by molar-refractivity contribution is 6.31. The number of esters is 1. The van der Waals surface area contributed by atoms with Crippen molar-refractivity contribution < 1.29 is 14.1 Å². The molecule has 130 valence electrons. The van der Waals surface area contributed by atoms with Gasteiger partial charge in [0, 0.05) is 16.8 Å². The van der Waals surface area contributed by atoms with E-state index in [1.807, 2.05) is 13.0 Å². The Labute approximate surface area is 150 Å². The quantitative estimate of drug-likeness (QED) is 0.626. The second-order valence-electron chi connectivity index (χ2n) is 5.80. The zero-order valence-corrected chi connectivity index (χ0v) is 15.0. The van der Waals surface area contributed by atoms with Gasteiger partial charge in [-0.3, -0.25) is 4.98 Å². The molecule has 3 aromatic rings. The molecule has 0 bridgehead atoms. The molecule has 1 unspecified atom stereocenters. The molecule has 3 rings (SSSR count). The molecule has 0 aliphatic carbocycles. The third kappa shape index (κ3) is 3.79. The highest BCUT2D eigenvalue weighted by Gasteiger charge is 2.21. The molecule has 0 aliphatic heterocycles. The fourth-order valence-corrected chi connectivity index (χ4v) is 2.66. The van der Waals surface area contributed by atoms with Crippen molar-refractivity contribution >= 4 is 28.5 Å². The average molecular weight is 360 g/mol. The Morgan fingerprint density at radius 1 is 1.32 bits per heavy atom. The smallest absolute Gasteiger partial charge is 0.340 e. The standard InChI is InChI=1S/C18H18ClN3O3/c1-4-5-16-21-17(25-22-16)11(3)24-18(23)14-9-12-8-13(19)6-7-15(12)20-10(14)2/h6-9,11H,4-5H2,1-3H3. The molecule has 0 spiro atoms. The van der Waals surface area contributed by atoms with E-state index in [1.54, 1.807) is 32.0 Å². The van der Waals surface area contributed by atoms with Crippen LogP contribution >= 0.6 is 11.6 Å². The lowest BCUT2D eigenvalue weighted by molar-refractivity contribution is 0.0264. The zero-order valence-electron chi connectivity index (χ0n) is 14.2. The topological polar surface area (TPSA) is 78.1 Å². The third-order valence-electron chi connectivity index (χ3n) is 3.78. The molecule has 2 heterocycles. The van der Waals surface area contributed by atoms with E-state index in [0.29, 0.717) is 22.1 Å². The number of ether oxygens (including phenoxy) is 1. The van der Waals surface area contributed by atoms with Crippen molar-refractivity contribution in [3.05, 3.63) is 52.3 Å². The molecule has 0 radical (unpaired) electrons. The van der Waals surface area contributed by atoms with Gasteiger partial charge in [-0.15, -0.1) is 0 Å². The number of benzene rings is 1. The molecule has 0 amide bonds. The average Bonchev–Trinajstić information content (AvgIpc) is 3.03. The van der Waals surface area contributed by atoms with Gasteiger partial charge >= 0.3 is 5.97 Å². The van der Waals surface area contributed by atoms with Crippen LogP contribution in [0.3, 0.4) is 0 Å². The SMILES string of the molecule is CCCc1noc(C(C)OC(=O)c2cc3cc(Cl)ccc3nc2C)n1. The third-order valence-corrected chi connectivity index (χ3v) is 4.01. The van der Waals surface area contributed by atoms with Gasteiger partial charge in [-0.2, -0.15) is 4.98 Å². The summed E-state index contributed by atoms with van der Waals surface area (Å²) < 4.78 is 10.6. The maximum atomic E-state index is 12.5. The fourth-order valence-electron chi connectivity index (χ4n) is 2.48. The number of fused-ring (bicyclic) bond motifs is 1. The van der Waals surface area contributed by atoms with E-state index < -0.39 is 12.1 Å². The second kappa shape index (κ2) is 7.19. The second-order valence-corrected chi connectivity index (χ2v) is 6.24. The molecule has 7 heteroatoms. The van der Waals surface area contributed by atoms with Crippen LogP contribution in [0.25, 0.3) is 10.9 Å². The van der Waals surface area contributed by atoms with Crippen molar-refractivity contribution in [2.75, 3.05) is 0 Å². The normalized spacial score (nSPS) is 12.3. The van der Waals surface area contributed by atoms with Crippen LogP contribution in [0.5, 0.6) is 0 Å². The van der Waals surface area contributed by atoms with Gasteiger partial charge in [0.2, 0.25) is 0 Å². The van der Waals surface area contributed by atoms with Crippen LogP contribution < -0.4 is 0 Å². The first-order chi connectivity index (χ1) is 12.0. The maximum absolute atomic E-state index is 12.5. The molecule has 0 fully saturated rings. The Hall–Kier alpha value is -2.47. The first-order valence-corrected chi connectivity index (χ1v) is 8.46. The lowest BCUT2D eigenvalue weighted by Gasteiger charge is -2.11. The predicted molar refractivity (Wildman–Crippen MR) is 93.6 cm³/mol. The number of hydrogen-bond acceptors (Lipinski definition) is 6. The number of hydrogen-bond donors (Lipinski definition) is 0. The van der Waals surface area contributed by atoms with E-state index in [0.717, 1.165) is 23.7 Å². The molecule has 0 saturated carbocycles. The summed E-state index contributed by atoms with van der Waals surface area (Å²) in [6, 6.07) is 7.07. The van der Waals surface area contributed by atoms with E-state index in [4.69, 9.17) is 20.9 Å². The van der Waals surface area contributed by atoms with Crippen molar-refractivity contribution in [1.29, 1.82) is 0 Å². The summed E-state index contributed by atoms with van der Waals surface area (Å²) >= 11 is 6.01. The minimum absolute atomic E-state index is 0.284. The van der Waals surface area contributed by atoms with E-state index in [2.05, 4.69) is 15.1 Å². The fraction of sp³-hybridized carbons (Fsp3) is 0.333. The number of rotatable bonds is 5. The highest BCUT2D eigenvalue weighted by atomic mass is 35.5. The number of carbonyl (C=O) groups is 1. The van der Waals surface area contributed by atoms with E-state index >= 15 is 0 Å². The molecular formula is C18H18ClN3O3. The highest BCUT2D eigenvalue weighted by Crippen LogP contribution is 2.23. The Kier molecular flexibility index (Phi) is 4.99. The first-order valence-electron chi connectivity index (χ1n) is 8.08. The maximum Gasteiger partial charge on any atom is 0.340 e. The van der Waals surface area contributed by atoms with Gasteiger partial charge in [0.25, 0.3) is 5.89 Å². The molecule has 0 N–H and O–H groups in total. The zero-order chi connectivity index (χ0) is 18.0. The summed E-state index contributed by atoms with van der Waals surface area (Å²) in [5, 5.41) is 5.23. The first kappa shape index (κ1) is 17.4. The number of aryl methyl sites for hydroxylation is 2. The number of halogens is 1. The molecule has 1 atom stereocenters. The van der Waals surface area contributed by atoms with Crippen molar-refractivity contribution in [1.82, 2.24) is 15.1 Å². The largest absolute Gasteiger partial charge is 0.449 e. The van der Waals surface area contributed by atoms with Crippen molar-refractivity contribution in [3.63, 3.8) is 0 Å². The van der Waals surface area contributed by atoms with Gasteiger partial charge in [-0.1, -0.05) is 23.7 Å². The van der Waals surface area contributed by atoms with Crippen LogP contribution in [0.2, 0.25) is 5.02 Å². The lowest BCUT2D eigenvalue weighted by Crippen LogP contribution is -2.12. The molecule has 0 saturated heterocycles. The minimum atomic E-state index is -0.639. The number of nitrogens with zero attached hydrogens (tertiary/aromatic N) is 3. The van der Waals surface area contributed by atoms with Crippen LogP contribution in [-0.2, 0) is 11.2 Å². The number of pyridine rings is 1. The van der Waals surface area contributed by atoms with Gasteiger partial charge in [0.15, 0.2) is 11.9 Å². The molecule has 6 nitrogen and oxygen atoms in total. The summed E-state index contributed by atoms with van der Waals surface area (Å²) in [4.78, 5) is 21.2. The van der Waals surface area contributed by atoms with Crippen LogP contribution in [0.1, 0.15) is 54.1 Å². The Balaban J connectivity index is 1.82. The van der Waals surface area contributed by atoms with Crippen molar-refractivity contribution in [2.24, 2.45) is 0 Å². The van der Waals surface area contributed by atoms with Gasteiger partial charge in [-0.25, -0.2) is 4.79 Å². The predicted octanol–water partition coefficient (Wildman–Crippen LogP) is 4.45. The number of carbonyl (C=O) groups excluding carboxylic acids is 1. The van der Waals surface area contributed by atoms with Gasteiger partial charge < -0.3 is 9.26 Å². The Bertz CT molecular complexity index is 923. The Morgan fingerprint density at radius 2 is 2.12 bits per heavy atom. The molecule has 1 aromatic carbocycles. The van der Waals surface area contributed by atoms with Crippen molar-refractivity contribution in [3.8, 4) is 0 Å². The van der Waals surface area contributed by atoms with Gasteiger partial charge in [0.1, 0.15) is 0 Å². The molecule has 2 aromatic heterocycles. The van der Waals surface area contributed by atoms with E-state index in [9.17, 15) is 4.79 Å². The monoisotopic (exact) mass is 359 g/mol. The van der Waals surface area contributed by atoms with Crippen LogP contribution in [0.4, 0.5) is 0 Å². The van der Waals surface area contributed by atoms with E-state index in [-0.39, 0.29) is 5.89 Å². The molecular weight excluding hydrogens is 342 g/mol.